The second-order valence-corrected chi connectivity index (χ2v) is 5.01. The van der Waals surface area contributed by atoms with E-state index >= 15 is 0 Å². The molecular weight excluding hydrogens is 238 g/mol. The molecule has 1 atom stereocenters. The molecule has 1 aliphatic rings. The third-order valence-corrected chi connectivity index (χ3v) is 3.48. The average Bonchev–Trinajstić information content (AvgIpc) is 2.88. The highest BCUT2D eigenvalue weighted by Gasteiger charge is 2.26. The zero-order chi connectivity index (χ0) is 13.2. The average molecular weight is 255 g/mol. The maximum Gasteiger partial charge on any atom is 0.133 e. The molecule has 3 rings (SSSR count). The van der Waals surface area contributed by atoms with Crippen LogP contribution in [-0.2, 0) is 0 Å². The van der Waals surface area contributed by atoms with Gasteiger partial charge in [-0.2, -0.15) is 0 Å². The fraction of sp³-hybridized carbons (Fsp3) is 0.429. The summed E-state index contributed by atoms with van der Waals surface area (Å²) in [5.74, 6) is 2.35. The zero-order valence-electron chi connectivity index (χ0n) is 11.2. The minimum atomic E-state index is 0.398. The van der Waals surface area contributed by atoms with Gasteiger partial charge in [-0.3, -0.25) is 0 Å². The Balaban J connectivity index is 1.77. The van der Waals surface area contributed by atoms with Crippen molar-refractivity contribution in [1.82, 2.24) is 19.9 Å². The Labute approximate surface area is 112 Å². The van der Waals surface area contributed by atoms with Crippen LogP contribution in [0.1, 0.15) is 29.6 Å². The van der Waals surface area contributed by atoms with Gasteiger partial charge in [0.25, 0.3) is 0 Å². The summed E-state index contributed by atoms with van der Waals surface area (Å²) >= 11 is 0. The molecule has 98 valence electrons. The standard InChI is InChI=1S/C14H17N5/c1-10-3-5-15-14(18-10)12-4-6-19(8-12)13-7-11(2)16-9-17-13/h3,5,7,9,12H,4,6,8H2,1-2H3. The summed E-state index contributed by atoms with van der Waals surface area (Å²) in [6.45, 7) is 5.92. The van der Waals surface area contributed by atoms with Crippen molar-refractivity contribution in [2.75, 3.05) is 18.0 Å². The van der Waals surface area contributed by atoms with E-state index in [2.05, 4.69) is 24.8 Å². The Bertz CT molecular complexity index is 532. The summed E-state index contributed by atoms with van der Waals surface area (Å²) in [4.78, 5) is 19.7. The molecule has 19 heavy (non-hydrogen) atoms. The molecule has 0 aliphatic carbocycles. The van der Waals surface area contributed by atoms with Gasteiger partial charge in [0.1, 0.15) is 18.0 Å². The lowest BCUT2D eigenvalue weighted by Crippen LogP contribution is -2.21. The van der Waals surface area contributed by atoms with Crippen LogP contribution in [0.5, 0.6) is 0 Å². The molecule has 1 fully saturated rings. The van der Waals surface area contributed by atoms with Crippen molar-refractivity contribution in [3.8, 4) is 0 Å². The van der Waals surface area contributed by atoms with Crippen LogP contribution in [0.2, 0.25) is 0 Å². The number of aromatic nitrogens is 4. The van der Waals surface area contributed by atoms with Crippen LogP contribution in [0.3, 0.4) is 0 Å². The van der Waals surface area contributed by atoms with E-state index in [1.54, 1.807) is 6.33 Å². The van der Waals surface area contributed by atoms with Crippen molar-refractivity contribution < 1.29 is 0 Å². The van der Waals surface area contributed by atoms with E-state index in [0.717, 1.165) is 42.5 Å². The third-order valence-electron chi connectivity index (χ3n) is 3.48. The van der Waals surface area contributed by atoms with E-state index in [-0.39, 0.29) is 0 Å². The fourth-order valence-electron chi connectivity index (χ4n) is 2.46. The molecule has 3 heterocycles. The normalized spacial score (nSPS) is 18.8. The van der Waals surface area contributed by atoms with Crippen molar-refractivity contribution in [2.24, 2.45) is 0 Å². The molecule has 2 aromatic heterocycles. The molecule has 0 radical (unpaired) electrons. The quantitative estimate of drug-likeness (QED) is 0.820. The number of rotatable bonds is 2. The Morgan fingerprint density at radius 3 is 2.84 bits per heavy atom. The van der Waals surface area contributed by atoms with Gasteiger partial charge in [0.15, 0.2) is 0 Å². The van der Waals surface area contributed by atoms with Crippen molar-refractivity contribution >= 4 is 5.82 Å². The molecule has 0 saturated carbocycles. The van der Waals surface area contributed by atoms with Gasteiger partial charge in [0.2, 0.25) is 0 Å². The largest absolute Gasteiger partial charge is 0.356 e. The van der Waals surface area contributed by atoms with E-state index in [0.29, 0.717) is 5.92 Å². The molecule has 1 saturated heterocycles. The van der Waals surface area contributed by atoms with Crippen LogP contribution >= 0.6 is 0 Å². The summed E-state index contributed by atoms with van der Waals surface area (Å²) in [5, 5.41) is 0. The Hall–Kier alpha value is -2.04. The van der Waals surface area contributed by atoms with Crippen molar-refractivity contribution in [3.63, 3.8) is 0 Å². The number of nitrogens with zero attached hydrogens (tertiary/aromatic N) is 5. The zero-order valence-corrected chi connectivity index (χ0v) is 11.2. The molecule has 1 aliphatic heterocycles. The molecule has 0 spiro atoms. The van der Waals surface area contributed by atoms with Crippen molar-refractivity contribution in [1.29, 1.82) is 0 Å². The van der Waals surface area contributed by atoms with Crippen LogP contribution in [0.25, 0.3) is 0 Å². The van der Waals surface area contributed by atoms with Crippen LogP contribution in [0, 0.1) is 13.8 Å². The SMILES string of the molecule is Cc1cc(N2CCC(c3nccc(C)n3)C2)ncn1. The lowest BCUT2D eigenvalue weighted by atomic mass is 10.1. The maximum absolute atomic E-state index is 4.53. The monoisotopic (exact) mass is 255 g/mol. The molecule has 0 N–H and O–H groups in total. The van der Waals surface area contributed by atoms with Crippen LogP contribution in [-0.4, -0.2) is 33.0 Å². The van der Waals surface area contributed by atoms with Crippen LogP contribution in [0.4, 0.5) is 5.82 Å². The molecular formula is C14H17N5. The first-order valence-corrected chi connectivity index (χ1v) is 6.55. The van der Waals surface area contributed by atoms with Crippen molar-refractivity contribution in [2.45, 2.75) is 26.2 Å². The summed E-state index contributed by atoms with van der Waals surface area (Å²) in [7, 11) is 0. The van der Waals surface area contributed by atoms with E-state index in [1.165, 1.54) is 0 Å². The van der Waals surface area contributed by atoms with Gasteiger partial charge in [0, 0.05) is 42.7 Å². The summed E-state index contributed by atoms with van der Waals surface area (Å²) in [5.41, 5.74) is 2.03. The first kappa shape index (κ1) is 12.0. The molecule has 2 aromatic rings. The van der Waals surface area contributed by atoms with Crippen molar-refractivity contribution in [3.05, 3.63) is 41.9 Å². The summed E-state index contributed by atoms with van der Waals surface area (Å²) < 4.78 is 0. The first-order valence-electron chi connectivity index (χ1n) is 6.55. The third kappa shape index (κ3) is 2.54. The van der Waals surface area contributed by atoms with E-state index < -0.39 is 0 Å². The topological polar surface area (TPSA) is 54.8 Å². The second-order valence-electron chi connectivity index (χ2n) is 5.01. The van der Waals surface area contributed by atoms with Gasteiger partial charge >= 0.3 is 0 Å². The summed E-state index contributed by atoms with van der Waals surface area (Å²) in [6.07, 6.45) is 4.54. The van der Waals surface area contributed by atoms with Gasteiger partial charge < -0.3 is 4.90 Å². The molecule has 0 aromatic carbocycles. The lowest BCUT2D eigenvalue weighted by molar-refractivity contribution is 0.703. The number of hydrogen-bond acceptors (Lipinski definition) is 5. The van der Waals surface area contributed by atoms with Crippen LogP contribution < -0.4 is 4.90 Å². The molecule has 0 bridgehead atoms. The number of anilines is 1. The Morgan fingerprint density at radius 2 is 2.05 bits per heavy atom. The maximum atomic E-state index is 4.53. The second kappa shape index (κ2) is 4.91. The van der Waals surface area contributed by atoms with E-state index in [9.17, 15) is 0 Å². The molecule has 0 amide bonds. The minimum absolute atomic E-state index is 0.398. The molecule has 5 nitrogen and oxygen atoms in total. The Morgan fingerprint density at radius 1 is 1.16 bits per heavy atom. The lowest BCUT2D eigenvalue weighted by Gasteiger charge is -2.17. The number of hydrogen-bond donors (Lipinski definition) is 0. The summed E-state index contributed by atoms with van der Waals surface area (Å²) in [6, 6.07) is 3.96. The van der Waals surface area contributed by atoms with Gasteiger partial charge in [-0.1, -0.05) is 0 Å². The minimum Gasteiger partial charge on any atom is -0.356 e. The van der Waals surface area contributed by atoms with Gasteiger partial charge in [-0.25, -0.2) is 19.9 Å². The predicted octanol–water partition coefficient (Wildman–Crippen LogP) is 1.88. The van der Waals surface area contributed by atoms with Crippen LogP contribution in [0.15, 0.2) is 24.7 Å². The Kier molecular flexibility index (Phi) is 3.11. The molecule has 1 unspecified atom stereocenters. The number of aryl methyl sites for hydroxylation is 2. The highest BCUT2D eigenvalue weighted by molar-refractivity contribution is 5.40. The molecule has 5 heteroatoms. The highest BCUT2D eigenvalue weighted by atomic mass is 15.2. The highest BCUT2D eigenvalue weighted by Crippen LogP contribution is 2.27. The fourth-order valence-corrected chi connectivity index (χ4v) is 2.46. The van der Waals surface area contributed by atoms with Gasteiger partial charge in [-0.05, 0) is 26.3 Å². The predicted molar refractivity (Wildman–Crippen MR) is 73.1 cm³/mol. The van der Waals surface area contributed by atoms with Gasteiger partial charge in [0.05, 0.1) is 0 Å². The van der Waals surface area contributed by atoms with E-state index in [1.807, 2.05) is 32.2 Å². The first-order chi connectivity index (χ1) is 9.22. The van der Waals surface area contributed by atoms with Gasteiger partial charge in [-0.15, -0.1) is 0 Å². The smallest absolute Gasteiger partial charge is 0.133 e. The van der Waals surface area contributed by atoms with E-state index in [4.69, 9.17) is 0 Å².